The van der Waals surface area contributed by atoms with Crippen LogP contribution in [0.4, 0.5) is 0 Å². The predicted molar refractivity (Wildman–Crippen MR) is 55.1 cm³/mol. The van der Waals surface area contributed by atoms with Gasteiger partial charge in [0.1, 0.15) is 0 Å². The summed E-state index contributed by atoms with van der Waals surface area (Å²) in [5.74, 6) is 0.834. The van der Waals surface area contributed by atoms with Crippen molar-refractivity contribution < 1.29 is 0 Å². The fourth-order valence-corrected chi connectivity index (χ4v) is 1.64. The van der Waals surface area contributed by atoms with Crippen molar-refractivity contribution in [3.8, 4) is 0 Å². The molecular formula is C12H20. The van der Waals surface area contributed by atoms with Gasteiger partial charge in [0.15, 0.2) is 0 Å². The zero-order valence-corrected chi connectivity index (χ0v) is 8.34. The lowest BCUT2D eigenvalue weighted by atomic mass is 9.92. The Kier molecular flexibility index (Phi) is 4.13. The predicted octanol–water partition coefficient (Wildman–Crippen LogP) is 4.09. The second-order valence-corrected chi connectivity index (χ2v) is 3.80. The summed E-state index contributed by atoms with van der Waals surface area (Å²) < 4.78 is 0. The molecule has 0 aliphatic heterocycles. The van der Waals surface area contributed by atoms with Gasteiger partial charge in [-0.1, -0.05) is 50.0 Å². The summed E-state index contributed by atoms with van der Waals surface area (Å²) in [5, 5.41) is 0. The minimum absolute atomic E-state index is 0.834. The van der Waals surface area contributed by atoms with Crippen molar-refractivity contribution in [1.82, 2.24) is 0 Å². The van der Waals surface area contributed by atoms with Crippen LogP contribution in [0.15, 0.2) is 23.8 Å². The van der Waals surface area contributed by atoms with Crippen LogP contribution < -0.4 is 0 Å². The van der Waals surface area contributed by atoms with E-state index in [1.807, 2.05) is 0 Å². The second-order valence-electron chi connectivity index (χ2n) is 3.80. The first-order chi connectivity index (χ1) is 5.83. The maximum atomic E-state index is 2.38. The molecule has 0 N–H and O–H groups in total. The molecule has 1 aliphatic rings. The first-order valence-corrected chi connectivity index (χ1v) is 5.18. The number of hydrogen-bond acceptors (Lipinski definition) is 0. The molecule has 1 atom stereocenters. The third-order valence-corrected chi connectivity index (χ3v) is 2.55. The van der Waals surface area contributed by atoms with E-state index in [1.165, 1.54) is 37.7 Å². The SMILES string of the molecule is CCCCCC1C=CC(C)=CC1. The lowest BCUT2D eigenvalue weighted by Crippen LogP contribution is -1.98. The van der Waals surface area contributed by atoms with E-state index in [-0.39, 0.29) is 0 Å². The van der Waals surface area contributed by atoms with Crippen molar-refractivity contribution in [1.29, 1.82) is 0 Å². The molecule has 0 heterocycles. The topological polar surface area (TPSA) is 0 Å². The number of unbranched alkanes of at least 4 members (excludes halogenated alkanes) is 2. The Bertz CT molecular complexity index is 174. The van der Waals surface area contributed by atoms with Gasteiger partial charge < -0.3 is 0 Å². The monoisotopic (exact) mass is 164 g/mol. The summed E-state index contributed by atoms with van der Waals surface area (Å²) in [4.78, 5) is 0. The summed E-state index contributed by atoms with van der Waals surface area (Å²) >= 11 is 0. The van der Waals surface area contributed by atoms with Crippen molar-refractivity contribution in [2.45, 2.75) is 46.0 Å². The van der Waals surface area contributed by atoms with Crippen LogP contribution in [0.1, 0.15) is 46.0 Å². The number of hydrogen-bond donors (Lipinski definition) is 0. The molecule has 1 aliphatic carbocycles. The van der Waals surface area contributed by atoms with Gasteiger partial charge in [0, 0.05) is 0 Å². The van der Waals surface area contributed by atoms with Crippen LogP contribution in [0.2, 0.25) is 0 Å². The van der Waals surface area contributed by atoms with Crippen LogP contribution in [-0.4, -0.2) is 0 Å². The van der Waals surface area contributed by atoms with Gasteiger partial charge in [-0.15, -0.1) is 0 Å². The highest BCUT2D eigenvalue weighted by Crippen LogP contribution is 2.21. The number of rotatable bonds is 4. The molecule has 0 spiro atoms. The molecule has 0 saturated carbocycles. The van der Waals surface area contributed by atoms with E-state index < -0.39 is 0 Å². The van der Waals surface area contributed by atoms with Gasteiger partial charge in [-0.25, -0.2) is 0 Å². The minimum Gasteiger partial charge on any atom is -0.0810 e. The Morgan fingerprint density at radius 3 is 2.83 bits per heavy atom. The molecule has 0 bridgehead atoms. The van der Waals surface area contributed by atoms with Gasteiger partial charge >= 0.3 is 0 Å². The quantitative estimate of drug-likeness (QED) is 0.549. The molecule has 0 aromatic carbocycles. The van der Waals surface area contributed by atoms with E-state index in [0.717, 1.165) is 5.92 Å². The summed E-state index contributed by atoms with van der Waals surface area (Å²) in [6, 6.07) is 0. The van der Waals surface area contributed by atoms with E-state index in [4.69, 9.17) is 0 Å². The van der Waals surface area contributed by atoms with Crippen molar-refractivity contribution in [2.75, 3.05) is 0 Å². The lowest BCUT2D eigenvalue weighted by molar-refractivity contribution is 0.540. The fraction of sp³-hybridized carbons (Fsp3) is 0.667. The van der Waals surface area contributed by atoms with E-state index in [2.05, 4.69) is 32.1 Å². The molecule has 1 rings (SSSR count). The van der Waals surface area contributed by atoms with Gasteiger partial charge in [0.25, 0.3) is 0 Å². The zero-order valence-electron chi connectivity index (χ0n) is 8.34. The molecule has 0 nitrogen and oxygen atoms in total. The normalized spacial score (nSPS) is 22.5. The van der Waals surface area contributed by atoms with Crippen molar-refractivity contribution in [2.24, 2.45) is 5.92 Å². The molecule has 0 aromatic heterocycles. The third-order valence-electron chi connectivity index (χ3n) is 2.55. The Morgan fingerprint density at radius 2 is 2.25 bits per heavy atom. The molecular weight excluding hydrogens is 144 g/mol. The molecule has 12 heavy (non-hydrogen) atoms. The highest BCUT2D eigenvalue weighted by atomic mass is 14.1. The highest BCUT2D eigenvalue weighted by molar-refractivity contribution is 5.21. The summed E-state index contributed by atoms with van der Waals surface area (Å²) in [6.45, 7) is 4.44. The minimum atomic E-state index is 0.834. The average molecular weight is 164 g/mol. The van der Waals surface area contributed by atoms with E-state index >= 15 is 0 Å². The van der Waals surface area contributed by atoms with Crippen LogP contribution in [0.3, 0.4) is 0 Å². The summed E-state index contributed by atoms with van der Waals surface area (Å²) in [6.07, 6.45) is 13.8. The van der Waals surface area contributed by atoms with Gasteiger partial charge in [-0.05, 0) is 25.7 Å². The van der Waals surface area contributed by atoms with Crippen LogP contribution >= 0.6 is 0 Å². The van der Waals surface area contributed by atoms with Gasteiger partial charge in [0.2, 0.25) is 0 Å². The van der Waals surface area contributed by atoms with E-state index in [1.54, 1.807) is 0 Å². The fourth-order valence-electron chi connectivity index (χ4n) is 1.64. The molecule has 0 aromatic rings. The van der Waals surface area contributed by atoms with Gasteiger partial charge in [-0.2, -0.15) is 0 Å². The molecule has 1 unspecified atom stereocenters. The van der Waals surface area contributed by atoms with Crippen molar-refractivity contribution in [3.05, 3.63) is 23.8 Å². The van der Waals surface area contributed by atoms with Crippen molar-refractivity contribution >= 4 is 0 Å². The van der Waals surface area contributed by atoms with E-state index in [0.29, 0.717) is 0 Å². The molecule has 0 fully saturated rings. The van der Waals surface area contributed by atoms with Gasteiger partial charge in [-0.3, -0.25) is 0 Å². The van der Waals surface area contributed by atoms with Crippen LogP contribution in [-0.2, 0) is 0 Å². The first kappa shape index (κ1) is 9.57. The molecule has 0 saturated heterocycles. The number of allylic oxidation sites excluding steroid dienone is 4. The highest BCUT2D eigenvalue weighted by Gasteiger charge is 2.05. The molecule has 68 valence electrons. The van der Waals surface area contributed by atoms with E-state index in [9.17, 15) is 0 Å². The molecule has 0 amide bonds. The third kappa shape index (κ3) is 3.25. The van der Waals surface area contributed by atoms with Crippen LogP contribution in [0.5, 0.6) is 0 Å². The smallest absolute Gasteiger partial charge is 0.0195 e. The maximum Gasteiger partial charge on any atom is -0.0195 e. The molecule has 0 radical (unpaired) electrons. The van der Waals surface area contributed by atoms with Crippen LogP contribution in [0, 0.1) is 5.92 Å². The Labute approximate surface area is 76.4 Å². The maximum absolute atomic E-state index is 2.38. The standard InChI is InChI=1S/C12H20/c1-3-4-5-6-12-9-7-11(2)8-10-12/h7-9,12H,3-6,10H2,1-2H3. The molecule has 0 heteroatoms. The Hall–Kier alpha value is -0.520. The zero-order chi connectivity index (χ0) is 8.81. The average Bonchev–Trinajstić information content (AvgIpc) is 2.09. The summed E-state index contributed by atoms with van der Waals surface area (Å²) in [7, 11) is 0. The van der Waals surface area contributed by atoms with Crippen molar-refractivity contribution in [3.63, 3.8) is 0 Å². The van der Waals surface area contributed by atoms with Gasteiger partial charge in [0.05, 0.1) is 0 Å². The van der Waals surface area contributed by atoms with Crippen LogP contribution in [0.25, 0.3) is 0 Å². The lowest BCUT2D eigenvalue weighted by Gasteiger charge is -2.13. The Morgan fingerprint density at radius 1 is 1.42 bits per heavy atom. The largest absolute Gasteiger partial charge is 0.0810 e. The summed E-state index contributed by atoms with van der Waals surface area (Å²) in [5.41, 5.74) is 1.43. The Balaban J connectivity index is 2.16. The second kappa shape index (κ2) is 5.18. The first-order valence-electron chi connectivity index (χ1n) is 5.18.